The van der Waals surface area contributed by atoms with Crippen molar-refractivity contribution in [2.45, 2.75) is 32.1 Å². The van der Waals surface area contributed by atoms with Crippen LogP contribution in [0.3, 0.4) is 0 Å². The van der Waals surface area contributed by atoms with Crippen molar-refractivity contribution >= 4 is 5.97 Å². The number of hydrogen-bond donors (Lipinski definition) is 2. The summed E-state index contributed by atoms with van der Waals surface area (Å²) in [5.74, 6) is 0.0125. The summed E-state index contributed by atoms with van der Waals surface area (Å²) in [6.07, 6.45) is 7.18. The second-order valence-corrected chi connectivity index (χ2v) is 4.76. The molecule has 0 radical (unpaired) electrons. The van der Waals surface area contributed by atoms with E-state index < -0.39 is 5.97 Å². The highest BCUT2D eigenvalue weighted by atomic mass is 16.5. The van der Waals surface area contributed by atoms with Gasteiger partial charge in [0, 0.05) is 12.6 Å². The van der Waals surface area contributed by atoms with Gasteiger partial charge in [0.25, 0.3) is 0 Å². The molecule has 0 aromatic carbocycles. The van der Waals surface area contributed by atoms with Crippen LogP contribution in [0.15, 0.2) is 30.6 Å². The molecule has 112 valence electrons. The molecule has 2 heterocycles. The summed E-state index contributed by atoms with van der Waals surface area (Å²) in [5.41, 5.74) is 1.70. The number of aromatic amines is 1. The van der Waals surface area contributed by atoms with E-state index in [0.717, 1.165) is 42.8 Å². The minimum absolute atomic E-state index is 0.250. The Bertz CT molecular complexity index is 538. The summed E-state index contributed by atoms with van der Waals surface area (Å²) in [7, 11) is 0. The number of rotatable bonds is 9. The van der Waals surface area contributed by atoms with Crippen LogP contribution >= 0.6 is 0 Å². The fourth-order valence-electron chi connectivity index (χ4n) is 1.95. The summed E-state index contributed by atoms with van der Waals surface area (Å²) in [6.45, 7) is 0.623. The van der Waals surface area contributed by atoms with Crippen LogP contribution in [-0.4, -0.2) is 32.9 Å². The van der Waals surface area contributed by atoms with E-state index in [1.165, 1.54) is 0 Å². The summed E-state index contributed by atoms with van der Waals surface area (Å²) >= 11 is 0. The zero-order valence-electron chi connectivity index (χ0n) is 11.8. The van der Waals surface area contributed by atoms with Crippen LogP contribution < -0.4 is 4.74 Å². The van der Waals surface area contributed by atoms with Crippen molar-refractivity contribution in [3.05, 3.63) is 30.6 Å². The molecule has 0 unspecified atom stereocenters. The molecule has 2 aromatic heterocycles. The maximum absolute atomic E-state index is 10.3. The highest BCUT2D eigenvalue weighted by Crippen LogP contribution is 2.17. The lowest BCUT2D eigenvalue weighted by Crippen LogP contribution is -1.99. The topological polar surface area (TPSA) is 88.1 Å². The van der Waals surface area contributed by atoms with E-state index in [9.17, 15) is 4.79 Å². The molecule has 0 aliphatic carbocycles. The molecule has 0 saturated heterocycles. The lowest BCUT2D eigenvalue weighted by atomic mass is 10.1. The fraction of sp³-hybridized carbons (Fsp3) is 0.400. The molecule has 6 heteroatoms. The molecule has 0 aliphatic rings. The van der Waals surface area contributed by atoms with Gasteiger partial charge in [-0.1, -0.05) is 12.8 Å². The number of hydrogen-bond acceptors (Lipinski definition) is 4. The lowest BCUT2D eigenvalue weighted by Gasteiger charge is -2.06. The molecule has 0 atom stereocenters. The molecular formula is C15H19N3O3. The number of nitrogens with one attached hydrogen (secondary N) is 1. The van der Waals surface area contributed by atoms with Crippen LogP contribution in [0, 0.1) is 0 Å². The van der Waals surface area contributed by atoms with Gasteiger partial charge in [-0.25, -0.2) is 0 Å². The molecule has 0 aliphatic heterocycles. The third-order valence-electron chi connectivity index (χ3n) is 3.07. The van der Waals surface area contributed by atoms with Crippen LogP contribution in [0.2, 0.25) is 0 Å². The summed E-state index contributed by atoms with van der Waals surface area (Å²) in [6, 6.07) is 5.63. The fourth-order valence-corrected chi connectivity index (χ4v) is 1.95. The Morgan fingerprint density at radius 1 is 1.19 bits per heavy atom. The van der Waals surface area contributed by atoms with Crippen LogP contribution in [0.1, 0.15) is 32.1 Å². The average molecular weight is 289 g/mol. The van der Waals surface area contributed by atoms with Crippen molar-refractivity contribution in [1.29, 1.82) is 0 Å². The smallest absolute Gasteiger partial charge is 0.303 e. The van der Waals surface area contributed by atoms with Gasteiger partial charge in [0.1, 0.15) is 5.75 Å². The SMILES string of the molecule is O=C(O)CCCCCCOc1ccc(-c2ccn[nH]2)nc1. The van der Waals surface area contributed by atoms with Crippen molar-refractivity contribution in [2.75, 3.05) is 6.61 Å². The molecule has 2 aromatic rings. The molecule has 0 fully saturated rings. The van der Waals surface area contributed by atoms with Gasteiger partial charge in [-0.3, -0.25) is 14.9 Å². The number of aromatic nitrogens is 3. The Morgan fingerprint density at radius 3 is 2.71 bits per heavy atom. The molecule has 0 bridgehead atoms. The molecule has 0 saturated carbocycles. The Hall–Kier alpha value is -2.37. The summed E-state index contributed by atoms with van der Waals surface area (Å²) in [4.78, 5) is 14.7. The normalized spacial score (nSPS) is 10.5. The Morgan fingerprint density at radius 2 is 2.05 bits per heavy atom. The van der Waals surface area contributed by atoms with Gasteiger partial charge in [0.2, 0.25) is 0 Å². The number of carbonyl (C=O) groups is 1. The van der Waals surface area contributed by atoms with Crippen LogP contribution in [0.5, 0.6) is 5.75 Å². The Kier molecular flexibility index (Phi) is 5.75. The molecule has 0 spiro atoms. The van der Waals surface area contributed by atoms with Crippen molar-refractivity contribution in [3.63, 3.8) is 0 Å². The van der Waals surface area contributed by atoms with Gasteiger partial charge < -0.3 is 9.84 Å². The van der Waals surface area contributed by atoms with E-state index >= 15 is 0 Å². The number of nitrogens with zero attached hydrogens (tertiary/aromatic N) is 2. The van der Waals surface area contributed by atoms with Gasteiger partial charge in [-0.05, 0) is 31.0 Å². The second kappa shape index (κ2) is 8.04. The van der Waals surface area contributed by atoms with E-state index in [1.54, 1.807) is 12.4 Å². The van der Waals surface area contributed by atoms with E-state index in [4.69, 9.17) is 9.84 Å². The first-order valence-electron chi connectivity index (χ1n) is 7.06. The van der Waals surface area contributed by atoms with Crippen molar-refractivity contribution in [3.8, 4) is 17.1 Å². The van der Waals surface area contributed by atoms with Gasteiger partial charge in [-0.2, -0.15) is 5.10 Å². The minimum atomic E-state index is -0.727. The van der Waals surface area contributed by atoms with Crippen molar-refractivity contribution < 1.29 is 14.6 Å². The minimum Gasteiger partial charge on any atom is -0.492 e. The number of pyridine rings is 1. The first kappa shape index (κ1) is 15.0. The largest absolute Gasteiger partial charge is 0.492 e. The molecule has 2 N–H and O–H groups in total. The maximum Gasteiger partial charge on any atom is 0.303 e. The molecular weight excluding hydrogens is 270 g/mol. The highest BCUT2D eigenvalue weighted by molar-refractivity contribution is 5.66. The van der Waals surface area contributed by atoms with Crippen LogP contribution in [0.4, 0.5) is 0 Å². The quantitative estimate of drug-likeness (QED) is 0.693. The van der Waals surface area contributed by atoms with E-state index in [-0.39, 0.29) is 6.42 Å². The lowest BCUT2D eigenvalue weighted by molar-refractivity contribution is -0.137. The average Bonchev–Trinajstić information content (AvgIpc) is 3.01. The summed E-state index contributed by atoms with van der Waals surface area (Å²) < 4.78 is 5.60. The number of ether oxygens (including phenoxy) is 1. The van der Waals surface area contributed by atoms with Gasteiger partial charge >= 0.3 is 5.97 Å². The van der Waals surface area contributed by atoms with Crippen molar-refractivity contribution in [2.24, 2.45) is 0 Å². The third-order valence-corrected chi connectivity index (χ3v) is 3.07. The number of H-pyrrole nitrogens is 1. The molecule has 21 heavy (non-hydrogen) atoms. The molecule has 2 rings (SSSR count). The van der Waals surface area contributed by atoms with Crippen LogP contribution in [0.25, 0.3) is 11.4 Å². The number of unbranched alkanes of at least 4 members (excludes halogenated alkanes) is 3. The Labute approximate surface area is 123 Å². The predicted molar refractivity (Wildman–Crippen MR) is 78.0 cm³/mol. The van der Waals surface area contributed by atoms with Crippen LogP contribution in [-0.2, 0) is 4.79 Å². The van der Waals surface area contributed by atoms with Gasteiger partial charge in [0.15, 0.2) is 0 Å². The summed E-state index contributed by atoms with van der Waals surface area (Å²) in [5, 5.41) is 15.3. The number of aliphatic carboxylic acids is 1. The monoisotopic (exact) mass is 289 g/mol. The zero-order valence-corrected chi connectivity index (χ0v) is 11.8. The Balaban J connectivity index is 1.64. The second-order valence-electron chi connectivity index (χ2n) is 4.76. The van der Waals surface area contributed by atoms with E-state index in [0.29, 0.717) is 6.61 Å². The first-order valence-corrected chi connectivity index (χ1v) is 7.06. The number of carboxylic acid groups (broad SMARTS) is 1. The van der Waals surface area contributed by atoms with E-state index in [2.05, 4.69) is 15.2 Å². The zero-order chi connectivity index (χ0) is 14.9. The maximum atomic E-state index is 10.3. The van der Waals surface area contributed by atoms with E-state index in [1.807, 2.05) is 18.2 Å². The number of carboxylic acids is 1. The van der Waals surface area contributed by atoms with Crippen molar-refractivity contribution in [1.82, 2.24) is 15.2 Å². The third kappa shape index (κ3) is 5.25. The first-order chi connectivity index (χ1) is 10.3. The highest BCUT2D eigenvalue weighted by Gasteiger charge is 2.01. The predicted octanol–water partition coefficient (Wildman–Crippen LogP) is 2.89. The molecule has 0 amide bonds. The van der Waals surface area contributed by atoms with Gasteiger partial charge in [0.05, 0.1) is 24.2 Å². The molecule has 6 nitrogen and oxygen atoms in total. The van der Waals surface area contributed by atoms with Gasteiger partial charge in [-0.15, -0.1) is 0 Å². The standard InChI is InChI=1S/C15H19N3O3/c19-15(20)5-3-1-2-4-10-21-12-6-7-13(16-11-12)14-8-9-17-18-14/h6-9,11H,1-5,10H2,(H,17,18)(H,19,20).